The molecule has 1 aromatic carbocycles. The van der Waals surface area contributed by atoms with Crippen molar-refractivity contribution in [1.82, 2.24) is 10.2 Å². The third-order valence-corrected chi connectivity index (χ3v) is 3.60. The van der Waals surface area contributed by atoms with E-state index in [2.05, 4.69) is 23.7 Å². The highest BCUT2D eigenvalue weighted by molar-refractivity contribution is 5.79. The van der Waals surface area contributed by atoms with Gasteiger partial charge in [0.05, 0.1) is 12.6 Å². The van der Waals surface area contributed by atoms with Crippen LogP contribution < -0.4 is 5.32 Å². The number of carbonyl (C=O) groups is 1. The normalized spacial score (nSPS) is 12.5. The van der Waals surface area contributed by atoms with E-state index in [0.717, 1.165) is 23.3 Å². The Morgan fingerprint density at radius 3 is 2.90 bits per heavy atom. The summed E-state index contributed by atoms with van der Waals surface area (Å²) in [5.74, 6) is 0.884. The SMILES string of the molecule is C=CCNC(=O)CN(CC)C(C)c1cc2ccccc2o1. The Balaban J connectivity index is 2.09. The van der Waals surface area contributed by atoms with Gasteiger partial charge in [0.1, 0.15) is 11.3 Å². The molecule has 0 aliphatic heterocycles. The van der Waals surface area contributed by atoms with Crippen molar-refractivity contribution < 1.29 is 9.21 Å². The largest absolute Gasteiger partial charge is 0.459 e. The summed E-state index contributed by atoms with van der Waals surface area (Å²) in [5.41, 5.74) is 0.881. The summed E-state index contributed by atoms with van der Waals surface area (Å²) in [6.07, 6.45) is 1.68. The van der Waals surface area contributed by atoms with Crippen molar-refractivity contribution in [1.29, 1.82) is 0 Å². The van der Waals surface area contributed by atoms with Crippen LogP contribution in [0.25, 0.3) is 11.0 Å². The Labute approximate surface area is 125 Å². The summed E-state index contributed by atoms with van der Waals surface area (Å²) in [6.45, 7) is 9.32. The molecular formula is C17H22N2O2. The van der Waals surface area contributed by atoms with E-state index >= 15 is 0 Å². The number of carbonyl (C=O) groups excluding carboxylic acids is 1. The summed E-state index contributed by atoms with van der Waals surface area (Å²) < 4.78 is 5.89. The molecule has 1 unspecified atom stereocenters. The lowest BCUT2D eigenvalue weighted by Gasteiger charge is -2.25. The lowest BCUT2D eigenvalue weighted by Crippen LogP contribution is -2.38. The van der Waals surface area contributed by atoms with Crippen LogP contribution in [0.2, 0.25) is 0 Å². The molecule has 1 amide bonds. The molecule has 1 atom stereocenters. The lowest BCUT2D eigenvalue weighted by atomic mass is 10.2. The van der Waals surface area contributed by atoms with Crippen molar-refractivity contribution in [3.63, 3.8) is 0 Å². The molecule has 4 nitrogen and oxygen atoms in total. The fourth-order valence-corrected chi connectivity index (χ4v) is 2.34. The lowest BCUT2D eigenvalue weighted by molar-refractivity contribution is -0.122. The Hall–Kier alpha value is -2.07. The first-order chi connectivity index (χ1) is 10.2. The molecule has 0 spiro atoms. The van der Waals surface area contributed by atoms with Crippen LogP contribution in [0.3, 0.4) is 0 Å². The predicted octanol–water partition coefficient (Wildman–Crippen LogP) is 3.12. The van der Waals surface area contributed by atoms with Crippen molar-refractivity contribution in [2.45, 2.75) is 19.9 Å². The van der Waals surface area contributed by atoms with Gasteiger partial charge in [0.2, 0.25) is 5.91 Å². The van der Waals surface area contributed by atoms with Gasteiger partial charge in [-0.15, -0.1) is 6.58 Å². The molecule has 1 N–H and O–H groups in total. The number of hydrogen-bond donors (Lipinski definition) is 1. The Kier molecular flexibility index (Phi) is 5.17. The molecular weight excluding hydrogens is 264 g/mol. The van der Waals surface area contributed by atoms with Crippen LogP contribution in [-0.2, 0) is 4.79 Å². The summed E-state index contributed by atoms with van der Waals surface area (Å²) in [7, 11) is 0. The van der Waals surface area contributed by atoms with Gasteiger partial charge in [0.25, 0.3) is 0 Å². The molecule has 112 valence electrons. The molecule has 0 aliphatic rings. The van der Waals surface area contributed by atoms with Gasteiger partial charge < -0.3 is 9.73 Å². The Bertz CT molecular complexity index is 585. The van der Waals surface area contributed by atoms with E-state index in [1.807, 2.05) is 37.3 Å². The second-order valence-electron chi connectivity index (χ2n) is 5.02. The van der Waals surface area contributed by atoms with Gasteiger partial charge in [-0.05, 0) is 25.6 Å². The molecule has 2 rings (SSSR count). The van der Waals surface area contributed by atoms with E-state index in [0.29, 0.717) is 13.1 Å². The maximum Gasteiger partial charge on any atom is 0.234 e. The zero-order chi connectivity index (χ0) is 15.2. The van der Waals surface area contributed by atoms with E-state index in [1.165, 1.54) is 0 Å². The van der Waals surface area contributed by atoms with E-state index in [1.54, 1.807) is 6.08 Å². The summed E-state index contributed by atoms with van der Waals surface area (Å²) in [6, 6.07) is 10.0. The first-order valence-electron chi connectivity index (χ1n) is 7.25. The van der Waals surface area contributed by atoms with Crippen LogP contribution >= 0.6 is 0 Å². The van der Waals surface area contributed by atoms with Gasteiger partial charge in [-0.3, -0.25) is 9.69 Å². The number of rotatable bonds is 7. The highest BCUT2D eigenvalue weighted by Gasteiger charge is 2.20. The summed E-state index contributed by atoms with van der Waals surface area (Å²) in [5, 5.41) is 3.89. The van der Waals surface area contributed by atoms with Gasteiger partial charge in [-0.1, -0.05) is 31.2 Å². The van der Waals surface area contributed by atoms with E-state index < -0.39 is 0 Å². The first-order valence-corrected chi connectivity index (χ1v) is 7.25. The summed E-state index contributed by atoms with van der Waals surface area (Å²) in [4.78, 5) is 13.9. The van der Waals surface area contributed by atoms with Crippen LogP contribution in [0.4, 0.5) is 0 Å². The number of amides is 1. The average Bonchev–Trinajstić information content (AvgIpc) is 2.93. The van der Waals surface area contributed by atoms with Crippen LogP contribution in [0.1, 0.15) is 25.6 Å². The summed E-state index contributed by atoms with van der Waals surface area (Å²) >= 11 is 0. The van der Waals surface area contributed by atoms with Crippen LogP contribution in [-0.4, -0.2) is 30.4 Å². The van der Waals surface area contributed by atoms with Crippen molar-refractivity contribution in [3.05, 3.63) is 48.7 Å². The topological polar surface area (TPSA) is 45.5 Å². The average molecular weight is 286 g/mol. The number of nitrogens with one attached hydrogen (secondary N) is 1. The molecule has 0 saturated carbocycles. The third kappa shape index (κ3) is 3.73. The van der Waals surface area contributed by atoms with Crippen molar-refractivity contribution in [2.24, 2.45) is 0 Å². The molecule has 0 radical (unpaired) electrons. The molecule has 4 heteroatoms. The maximum absolute atomic E-state index is 11.8. The number of furan rings is 1. The minimum atomic E-state index is -0.000267. The van der Waals surface area contributed by atoms with Gasteiger partial charge in [0.15, 0.2) is 0 Å². The molecule has 0 bridgehead atoms. The molecule has 21 heavy (non-hydrogen) atoms. The molecule has 1 aromatic heterocycles. The van der Waals surface area contributed by atoms with Gasteiger partial charge in [-0.25, -0.2) is 0 Å². The molecule has 2 aromatic rings. The predicted molar refractivity (Wildman–Crippen MR) is 85.1 cm³/mol. The number of fused-ring (bicyclic) bond motifs is 1. The first kappa shape index (κ1) is 15.3. The monoisotopic (exact) mass is 286 g/mol. The second kappa shape index (κ2) is 7.09. The Morgan fingerprint density at radius 2 is 2.24 bits per heavy atom. The minimum absolute atomic E-state index is 0.000267. The highest BCUT2D eigenvalue weighted by Crippen LogP contribution is 2.26. The van der Waals surface area contributed by atoms with Gasteiger partial charge in [0, 0.05) is 11.9 Å². The number of hydrogen-bond acceptors (Lipinski definition) is 3. The zero-order valence-electron chi connectivity index (χ0n) is 12.6. The fraction of sp³-hybridized carbons (Fsp3) is 0.353. The fourth-order valence-electron chi connectivity index (χ4n) is 2.34. The number of likely N-dealkylation sites (N-methyl/N-ethyl adjacent to an activating group) is 1. The van der Waals surface area contributed by atoms with Crippen molar-refractivity contribution in [3.8, 4) is 0 Å². The van der Waals surface area contributed by atoms with Gasteiger partial charge >= 0.3 is 0 Å². The van der Waals surface area contributed by atoms with Crippen LogP contribution in [0.5, 0.6) is 0 Å². The maximum atomic E-state index is 11.8. The van der Waals surface area contributed by atoms with E-state index in [-0.39, 0.29) is 11.9 Å². The zero-order valence-corrected chi connectivity index (χ0v) is 12.6. The van der Waals surface area contributed by atoms with Crippen LogP contribution in [0.15, 0.2) is 47.4 Å². The standard InChI is InChI=1S/C17H22N2O2/c1-4-10-18-17(20)12-19(5-2)13(3)16-11-14-8-6-7-9-15(14)21-16/h4,6-9,11,13H,1,5,10,12H2,2-3H3,(H,18,20). The third-order valence-electron chi connectivity index (χ3n) is 3.60. The number of para-hydroxylation sites is 1. The van der Waals surface area contributed by atoms with E-state index in [4.69, 9.17) is 4.42 Å². The molecule has 1 heterocycles. The number of benzene rings is 1. The second-order valence-corrected chi connectivity index (χ2v) is 5.02. The van der Waals surface area contributed by atoms with Crippen LogP contribution in [0, 0.1) is 0 Å². The highest BCUT2D eigenvalue weighted by atomic mass is 16.3. The smallest absolute Gasteiger partial charge is 0.234 e. The molecule has 0 fully saturated rings. The van der Waals surface area contributed by atoms with E-state index in [9.17, 15) is 4.79 Å². The number of nitrogens with zero attached hydrogens (tertiary/aromatic N) is 1. The molecule has 0 aliphatic carbocycles. The van der Waals surface area contributed by atoms with Gasteiger partial charge in [-0.2, -0.15) is 0 Å². The minimum Gasteiger partial charge on any atom is -0.459 e. The van der Waals surface area contributed by atoms with Crippen molar-refractivity contribution >= 4 is 16.9 Å². The van der Waals surface area contributed by atoms with Crippen molar-refractivity contribution in [2.75, 3.05) is 19.6 Å². The molecule has 0 saturated heterocycles. The Morgan fingerprint density at radius 1 is 1.48 bits per heavy atom. The quantitative estimate of drug-likeness (QED) is 0.795.